The lowest BCUT2D eigenvalue weighted by Crippen LogP contribution is -2.36. The topological polar surface area (TPSA) is 32.3 Å². The Balaban J connectivity index is 2.04. The fraction of sp³-hybridized carbons (Fsp3) is 0.462. The molecule has 1 N–H and O–H groups in total. The summed E-state index contributed by atoms with van der Waals surface area (Å²) in [6.07, 6.45) is 2.24. The first-order valence-electron chi connectivity index (χ1n) is 5.95. The first-order valence-corrected chi connectivity index (χ1v) is 6.33. The molecule has 0 bridgehead atoms. The lowest BCUT2D eigenvalue weighted by atomic mass is 10.2. The molecule has 1 aliphatic carbocycles. The summed E-state index contributed by atoms with van der Waals surface area (Å²) in [6.45, 7) is 4.69. The summed E-state index contributed by atoms with van der Waals surface area (Å²) in [5.41, 5.74) is 1.77. The number of hydrogen-bond acceptors (Lipinski definition) is 1. The van der Waals surface area contributed by atoms with Gasteiger partial charge in [-0.25, -0.2) is 4.79 Å². The summed E-state index contributed by atoms with van der Waals surface area (Å²) >= 11 is 6.02. The molecule has 1 saturated carbocycles. The molecule has 1 aromatic carbocycles. The maximum Gasteiger partial charge on any atom is 0.322 e. The number of carbonyl (C=O) groups is 1. The Bertz CT molecular complexity index is 429. The Kier molecular flexibility index (Phi) is 3.57. The van der Waals surface area contributed by atoms with Crippen molar-refractivity contribution in [1.29, 1.82) is 0 Å². The normalized spacial score (nSPS) is 14.5. The first kappa shape index (κ1) is 12.2. The lowest BCUT2D eigenvalue weighted by Gasteiger charge is -2.21. The highest BCUT2D eigenvalue weighted by atomic mass is 35.5. The molecular weight excluding hydrogens is 236 g/mol. The highest BCUT2D eigenvalue weighted by Crippen LogP contribution is 2.27. The van der Waals surface area contributed by atoms with Crippen molar-refractivity contribution < 1.29 is 4.79 Å². The molecule has 0 unspecified atom stereocenters. The Hall–Kier alpha value is -1.22. The van der Waals surface area contributed by atoms with Gasteiger partial charge in [0.05, 0.1) is 0 Å². The quantitative estimate of drug-likeness (QED) is 0.875. The van der Waals surface area contributed by atoms with Crippen molar-refractivity contribution in [3.8, 4) is 0 Å². The fourth-order valence-electron chi connectivity index (χ4n) is 1.82. The van der Waals surface area contributed by atoms with Gasteiger partial charge in [-0.2, -0.15) is 0 Å². The molecule has 0 spiro atoms. The van der Waals surface area contributed by atoms with E-state index in [1.807, 2.05) is 30.9 Å². The van der Waals surface area contributed by atoms with E-state index in [-0.39, 0.29) is 6.03 Å². The number of hydrogen-bond donors (Lipinski definition) is 1. The molecule has 4 heteroatoms. The van der Waals surface area contributed by atoms with Crippen molar-refractivity contribution in [3.63, 3.8) is 0 Å². The second-order valence-electron chi connectivity index (χ2n) is 4.41. The van der Waals surface area contributed by atoms with E-state index >= 15 is 0 Å². The summed E-state index contributed by atoms with van der Waals surface area (Å²) in [6, 6.07) is 5.97. The summed E-state index contributed by atoms with van der Waals surface area (Å²) in [7, 11) is 0. The number of nitrogens with zero attached hydrogens (tertiary/aromatic N) is 1. The van der Waals surface area contributed by atoms with E-state index in [9.17, 15) is 4.79 Å². The van der Waals surface area contributed by atoms with Gasteiger partial charge in [0.2, 0.25) is 0 Å². The van der Waals surface area contributed by atoms with Gasteiger partial charge < -0.3 is 10.2 Å². The fourth-order valence-corrected chi connectivity index (χ4v) is 2.00. The van der Waals surface area contributed by atoms with Crippen LogP contribution in [-0.2, 0) is 0 Å². The molecule has 0 radical (unpaired) electrons. The Labute approximate surface area is 107 Å². The third-order valence-electron chi connectivity index (χ3n) is 3.01. The molecule has 1 aliphatic rings. The van der Waals surface area contributed by atoms with Crippen LogP contribution in [0, 0.1) is 6.92 Å². The number of anilines is 1. The molecule has 0 atom stereocenters. The predicted octanol–water partition coefficient (Wildman–Crippen LogP) is 3.66. The zero-order chi connectivity index (χ0) is 12.4. The third kappa shape index (κ3) is 2.91. The zero-order valence-corrected chi connectivity index (χ0v) is 10.9. The molecular formula is C13H17ClN2O. The molecule has 1 fully saturated rings. The van der Waals surface area contributed by atoms with E-state index < -0.39 is 0 Å². The van der Waals surface area contributed by atoms with Gasteiger partial charge in [-0.05, 0) is 44.4 Å². The van der Waals surface area contributed by atoms with Crippen molar-refractivity contribution in [2.24, 2.45) is 0 Å². The monoisotopic (exact) mass is 252 g/mol. The number of carbonyl (C=O) groups excluding carboxylic acids is 1. The second kappa shape index (κ2) is 4.96. The molecule has 2 amide bonds. The van der Waals surface area contributed by atoms with E-state index in [0.717, 1.165) is 30.6 Å². The van der Waals surface area contributed by atoms with Crippen LogP contribution in [0.25, 0.3) is 0 Å². The van der Waals surface area contributed by atoms with E-state index in [1.54, 1.807) is 6.07 Å². The Morgan fingerprint density at radius 1 is 1.53 bits per heavy atom. The molecule has 0 saturated heterocycles. The number of nitrogens with one attached hydrogen (secondary N) is 1. The maximum absolute atomic E-state index is 12.0. The van der Waals surface area contributed by atoms with Crippen LogP contribution < -0.4 is 5.32 Å². The minimum atomic E-state index is -0.0325. The largest absolute Gasteiger partial charge is 0.322 e. The van der Waals surface area contributed by atoms with Gasteiger partial charge >= 0.3 is 6.03 Å². The van der Waals surface area contributed by atoms with Gasteiger partial charge in [-0.1, -0.05) is 17.7 Å². The van der Waals surface area contributed by atoms with Gasteiger partial charge in [0.1, 0.15) is 0 Å². The molecule has 92 valence electrons. The Morgan fingerprint density at radius 2 is 2.24 bits per heavy atom. The summed E-state index contributed by atoms with van der Waals surface area (Å²) < 4.78 is 0. The molecule has 3 nitrogen and oxygen atoms in total. The minimum Gasteiger partial charge on any atom is -0.322 e. The number of urea groups is 1. The van der Waals surface area contributed by atoms with Crippen LogP contribution in [-0.4, -0.2) is 23.5 Å². The van der Waals surface area contributed by atoms with Crippen molar-refractivity contribution in [2.75, 3.05) is 11.9 Å². The van der Waals surface area contributed by atoms with Crippen LogP contribution >= 0.6 is 11.6 Å². The van der Waals surface area contributed by atoms with Gasteiger partial charge in [-0.3, -0.25) is 0 Å². The van der Waals surface area contributed by atoms with Crippen LogP contribution in [0.2, 0.25) is 5.02 Å². The van der Waals surface area contributed by atoms with Crippen LogP contribution in [0.3, 0.4) is 0 Å². The highest BCUT2D eigenvalue weighted by Gasteiger charge is 2.31. The standard InChI is InChI=1S/C13H17ClN2O/c1-3-16(11-6-7-11)13(17)15-10-5-4-9(2)12(14)8-10/h4-5,8,11H,3,6-7H2,1-2H3,(H,15,17). The average molecular weight is 253 g/mol. The predicted molar refractivity (Wildman–Crippen MR) is 70.6 cm³/mol. The third-order valence-corrected chi connectivity index (χ3v) is 3.42. The average Bonchev–Trinajstić information content (AvgIpc) is 3.09. The van der Waals surface area contributed by atoms with E-state index in [4.69, 9.17) is 11.6 Å². The van der Waals surface area contributed by atoms with Crippen LogP contribution in [0.5, 0.6) is 0 Å². The van der Waals surface area contributed by atoms with Crippen molar-refractivity contribution in [1.82, 2.24) is 4.90 Å². The molecule has 2 rings (SSSR count). The lowest BCUT2D eigenvalue weighted by molar-refractivity contribution is 0.212. The number of rotatable bonds is 3. The molecule has 0 aromatic heterocycles. The maximum atomic E-state index is 12.0. The number of aryl methyl sites for hydroxylation is 1. The Morgan fingerprint density at radius 3 is 2.76 bits per heavy atom. The van der Waals surface area contributed by atoms with Crippen molar-refractivity contribution >= 4 is 23.3 Å². The van der Waals surface area contributed by atoms with Gasteiger partial charge in [0.15, 0.2) is 0 Å². The first-order chi connectivity index (χ1) is 8.11. The van der Waals surface area contributed by atoms with Gasteiger partial charge in [-0.15, -0.1) is 0 Å². The van der Waals surface area contributed by atoms with Crippen LogP contribution in [0.1, 0.15) is 25.3 Å². The summed E-state index contributed by atoms with van der Waals surface area (Å²) in [5, 5.41) is 3.56. The number of halogens is 1. The number of amides is 2. The van der Waals surface area contributed by atoms with Crippen molar-refractivity contribution in [2.45, 2.75) is 32.7 Å². The molecule has 0 aliphatic heterocycles. The van der Waals surface area contributed by atoms with Gasteiger partial charge in [0, 0.05) is 23.3 Å². The van der Waals surface area contributed by atoms with Gasteiger partial charge in [0.25, 0.3) is 0 Å². The molecule has 0 heterocycles. The van der Waals surface area contributed by atoms with E-state index in [1.165, 1.54) is 0 Å². The molecule has 17 heavy (non-hydrogen) atoms. The van der Waals surface area contributed by atoms with Crippen LogP contribution in [0.4, 0.5) is 10.5 Å². The SMILES string of the molecule is CCN(C(=O)Nc1ccc(C)c(Cl)c1)C1CC1. The second-order valence-corrected chi connectivity index (χ2v) is 4.82. The minimum absolute atomic E-state index is 0.0325. The van der Waals surface area contributed by atoms with E-state index in [2.05, 4.69) is 5.32 Å². The van der Waals surface area contributed by atoms with Crippen LogP contribution in [0.15, 0.2) is 18.2 Å². The van der Waals surface area contributed by atoms with E-state index in [0.29, 0.717) is 11.1 Å². The summed E-state index contributed by atoms with van der Waals surface area (Å²) in [5.74, 6) is 0. The highest BCUT2D eigenvalue weighted by molar-refractivity contribution is 6.31. The summed E-state index contributed by atoms with van der Waals surface area (Å²) in [4.78, 5) is 13.9. The number of benzene rings is 1. The smallest absolute Gasteiger partial charge is 0.322 e. The molecule has 1 aromatic rings. The zero-order valence-electron chi connectivity index (χ0n) is 10.2. The van der Waals surface area contributed by atoms with Crippen molar-refractivity contribution in [3.05, 3.63) is 28.8 Å².